The number of carboxylic acid groups (broad SMARTS) is 1. The summed E-state index contributed by atoms with van der Waals surface area (Å²) in [6.45, 7) is 8.13. The molecule has 0 spiro atoms. The molecule has 0 fully saturated rings. The van der Waals surface area contributed by atoms with E-state index in [2.05, 4.69) is 5.32 Å². The Labute approximate surface area is 141 Å². The monoisotopic (exact) mass is 339 g/mol. The fourth-order valence-electron chi connectivity index (χ4n) is 2.09. The van der Waals surface area contributed by atoms with Crippen LogP contribution in [0.5, 0.6) is 11.5 Å². The molecule has 0 aliphatic carbocycles. The molecule has 1 unspecified atom stereocenters. The van der Waals surface area contributed by atoms with E-state index < -0.39 is 29.1 Å². The van der Waals surface area contributed by atoms with Crippen molar-refractivity contribution in [1.29, 1.82) is 0 Å². The Morgan fingerprint density at radius 2 is 1.75 bits per heavy atom. The first-order valence-electron chi connectivity index (χ1n) is 7.58. The number of carbonyl (C=O) groups excluding carboxylic acids is 1. The number of hydrogen-bond donors (Lipinski definition) is 4. The van der Waals surface area contributed by atoms with Gasteiger partial charge in [-0.15, -0.1) is 0 Å². The van der Waals surface area contributed by atoms with Gasteiger partial charge in [0.25, 0.3) is 0 Å². The molecule has 7 nitrogen and oxygen atoms in total. The van der Waals surface area contributed by atoms with Crippen molar-refractivity contribution in [3.05, 3.63) is 23.8 Å². The second-order valence-corrected chi connectivity index (χ2v) is 7.08. The lowest BCUT2D eigenvalue weighted by Gasteiger charge is -2.31. The number of carboxylic acids is 1. The van der Waals surface area contributed by atoms with Gasteiger partial charge in [0.15, 0.2) is 17.7 Å². The molecule has 0 aliphatic heterocycles. The number of phenols is 2. The zero-order valence-corrected chi connectivity index (χ0v) is 14.6. The Morgan fingerprint density at radius 3 is 2.21 bits per heavy atom. The van der Waals surface area contributed by atoms with Gasteiger partial charge in [-0.2, -0.15) is 0 Å². The van der Waals surface area contributed by atoms with Gasteiger partial charge in [0, 0.05) is 6.42 Å². The minimum Gasteiger partial charge on any atom is -0.504 e. The summed E-state index contributed by atoms with van der Waals surface area (Å²) in [6.07, 6.45) is -0.795. The third-order valence-electron chi connectivity index (χ3n) is 3.49. The van der Waals surface area contributed by atoms with Crippen LogP contribution in [0.2, 0.25) is 0 Å². The van der Waals surface area contributed by atoms with E-state index in [-0.39, 0.29) is 17.9 Å². The summed E-state index contributed by atoms with van der Waals surface area (Å²) in [5.41, 5.74) is -1.61. The van der Waals surface area contributed by atoms with Gasteiger partial charge in [0.05, 0.1) is 5.41 Å². The molecule has 2 atom stereocenters. The van der Waals surface area contributed by atoms with Crippen LogP contribution in [0.1, 0.15) is 40.2 Å². The van der Waals surface area contributed by atoms with E-state index >= 15 is 0 Å². The average molecular weight is 339 g/mol. The highest BCUT2D eigenvalue weighted by Gasteiger charge is 2.36. The Morgan fingerprint density at radius 1 is 1.17 bits per heavy atom. The molecule has 0 saturated heterocycles. The van der Waals surface area contributed by atoms with Gasteiger partial charge in [-0.3, -0.25) is 14.9 Å². The second kappa shape index (κ2) is 7.09. The molecule has 24 heavy (non-hydrogen) atoms. The van der Waals surface area contributed by atoms with Gasteiger partial charge in [-0.1, -0.05) is 6.07 Å². The summed E-state index contributed by atoms with van der Waals surface area (Å²) in [5, 5.41) is 31.2. The molecule has 7 heteroatoms. The zero-order chi connectivity index (χ0) is 18.7. The first-order valence-corrected chi connectivity index (χ1v) is 7.58. The first-order chi connectivity index (χ1) is 10.8. The molecule has 0 bridgehead atoms. The van der Waals surface area contributed by atoms with Crippen LogP contribution in [0.25, 0.3) is 0 Å². The molecule has 1 aromatic carbocycles. The maximum atomic E-state index is 11.9. The highest BCUT2D eigenvalue weighted by atomic mass is 16.6. The van der Waals surface area contributed by atoms with Gasteiger partial charge >= 0.3 is 11.9 Å². The SMILES string of the molecule is CC(N[C@@](C)(Cc1ccc(O)c(O)c1)C(=O)O)OC(=O)C(C)(C)C. The fourth-order valence-corrected chi connectivity index (χ4v) is 2.09. The largest absolute Gasteiger partial charge is 0.504 e. The number of aliphatic carboxylic acids is 1. The summed E-state index contributed by atoms with van der Waals surface area (Å²) in [6, 6.07) is 4.10. The maximum Gasteiger partial charge on any atom is 0.324 e. The van der Waals surface area contributed by atoms with E-state index in [0.717, 1.165) is 0 Å². The minimum absolute atomic E-state index is 0.0214. The van der Waals surface area contributed by atoms with Crippen molar-refractivity contribution in [2.24, 2.45) is 5.41 Å². The van der Waals surface area contributed by atoms with Crippen LogP contribution >= 0.6 is 0 Å². The summed E-state index contributed by atoms with van der Waals surface area (Å²) < 4.78 is 5.24. The van der Waals surface area contributed by atoms with Crippen LogP contribution in [-0.4, -0.2) is 39.0 Å². The molecular weight excluding hydrogens is 314 g/mol. The van der Waals surface area contributed by atoms with Crippen molar-refractivity contribution in [3.8, 4) is 11.5 Å². The van der Waals surface area contributed by atoms with Crippen molar-refractivity contribution >= 4 is 11.9 Å². The van der Waals surface area contributed by atoms with Crippen molar-refractivity contribution in [1.82, 2.24) is 5.32 Å². The minimum atomic E-state index is -1.43. The molecule has 0 saturated carbocycles. The third-order valence-corrected chi connectivity index (χ3v) is 3.49. The zero-order valence-electron chi connectivity index (χ0n) is 14.6. The van der Waals surface area contributed by atoms with Crippen molar-refractivity contribution in [2.75, 3.05) is 0 Å². The maximum absolute atomic E-state index is 11.9. The standard InChI is InChI=1S/C17H25NO6/c1-10(24-15(23)16(2,3)4)18-17(5,14(21)22)9-11-6-7-12(19)13(20)8-11/h6-8,10,18-20H,9H2,1-5H3,(H,21,22)/t10?,17-/m0/s1. The lowest BCUT2D eigenvalue weighted by atomic mass is 9.92. The summed E-state index contributed by atoms with van der Waals surface area (Å²) in [5.74, 6) is -2.19. The first kappa shape index (κ1) is 19.8. The van der Waals surface area contributed by atoms with Crippen LogP contribution in [0.3, 0.4) is 0 Å². The molecule has 0 radical (unpaired) electrons. The van der Waals surface area contributed by atoms with E-state index in [1.807, 2.05) is 0 Å². The number of nitrogens with one attached hydrogen (secondary N) is 1. The lowest BCUT2D eigenvalue weighted by Crippen LogP contribution is -2.56. The van der Waals surface area contributed by atoms with Gasteiger partial charge < -0.3 is 20.1 Å². The molecule has 4 N–H and O–H groups in total. The Balaban J connectivity index is 2.89. The van der Waals surface area contributed by atoms with Crippen molar-refractivity contribution in [2.45, 2.75) is 52.8 Å². The van der Waals surface area contributed by atoms with Crippen LogP contribution in [0.4, 0.5) is 0 Å². The number of aromatic hydroxyl groups is 2. The van der Waals surface area contributed by atoms with Gasteiger partial charge in [0.1, 0.15) is 5.54 Å². The summed E-state index contributed by atoms with van der Waals surface area (Å²) >= 11 is 0. The number of hydrogen-bond acceptors (Lipinski definition) is 6. The van der Waals surface area contributed by atoms with Crippen LogP contribution in [-0.2, 0) is 20.7 Å². The lowest BCUT2D eigenvalue weighted by molar-refractivity contribution is -0.163. The third kappa shape index (κ3) is 5.13. The molecule has 0 aromatic heterocycles. The van der Waals surface area contributed by atoms with Gasteiger partial charge in [-0.25, -0.2) is 0 Å². The quantitative estimate of drug-likeness (QED) is 0.356. The molecule has 0 aliphatic rings. The highest BCUT2D eigenvalue weighted by molar-refractivity contribution is 5.79. The Kier molecular flexibility index (Phi) is 5.84. The topological polar surface area (TPSA) is 116 Å². The number of ether oxygens (including phenoxy) is 1. The normalized spacial score (nSPS) is 15.4. The second-order valence-electron chi connectivity index (χ2n) is 7.08. The van der Waals surface area contributed by atoms with Crippen LogP contribution in [0.15, 0.2) is 18.2 Å². The smallest absolute Gasteiger partial charge is 0.324 e. The predicted octanol–water partition coefficient (Wildman–Crippen LogP) is 2.01. The number of benzene rings is 1. The predicted molar refractivity (Wildman–Crippen MR) is 87.7 cm³/mol. The molecule has 1 rings (SSSR count). The van der Waals surface area contributed by atoms with Crippen LogP contribution in [0, 0.1) is 5.41 Å². The fraction of sp³-hybridized carbons (Fsp3) is 0.529. The highest BCUT2D eigenvalue weighted by Crippen LogP contribution is 2.27. The Hall–Kier alpha value is -2.28. The molecule has 0 amide bonds. The van der Waals surface area contributed by atoms with E-state index in [0.29, 0.717) is 5.56 Å². The molecular formula is C17H25NO6. The average Bonchev–Trinajstić information content (AvgIpc) is 2.41. The van der Waals surface area contributed by atoms with Crippen molar-refractivity contribution < 1.29 is 29.6 Å². The van der Waals surface area contributed by atoms with Gasteiger partial charge in [0.2, 0.25) is 0 Å². The van der Waals surface area contributed by atoms with E-state index in [9.17, 15) is 24.9 Å². The summed E-state index contributed by atoms with van der Waals surface area (Å²) in [7, 11) is 0. The van der Waals surface area contributed by atoms with Crippen LogP contribution < -0.4 is 5.32 Å². The Bertz CT molecular complexity index is 622. The van der Waals surface area contributed by atoms with Gasteiger partial charge in [-0.05, 0) is 52.3 Å². The number of phenolic OH excluding ortho intramolecular Hbond substituents is 2. The summed E-state index contributed by atoms with van der Waals surface area (Å²) in [4.78, 5) is 23.6. The molecule has 134 valence electrons. The van der Waals surface area contributed by atoms with Crippen molar-refractivity contribution in [3.63, 3.8) is 0 Å². The molecule has 1 aromatic rings. The number of carbonyl (C=O) groups is 2. The van der Waals surface area contributed by atoms with E-state index in [1.165, 1.54) is 25.1 Å². The van der Waals surface area contributed by atoms with E-state index in [1.54, 1.807) is 27.7 Å². The number of rotatable bonds is 6. The number of esters is 1. The van der Waals surface area contributed by atoms with E-state index in [4.69, 9.17) is 4.74 Å². The molecule has 0 heterocycles.